The minimum absolute atomic E-state index is 0.0946. The summed E-state index contributed by atoms with van der Waals surface area (Å²) < 4.78 is 20.5. The molecule has 11 atom stereocenters. The molecule has 0 aromatic heterocycles. The Morgan fingerprint density at radius 1 is 0.750 bits per heavy atom. The number of carbonyl (C=O) groups excluding carboxylic acids is 1. The Hall–Kier alpha value is -0.420. The van der Waals surface area contributed by atoms with Crippen LogP contribution in [0.3, 0.4) is 0 Å². The summed E-state index contributed by atoms with van der Waals surface area (Å²) in [6.07, 6.45) is 25.6. The van der Waals surface area contributed by atoms with Crippen molar-refractivity contribution in [1.29, 1.82) is 0 Å². The van der Waals surface area contributed by atoms with Crippen LogP contribution in [0, 0.1) is 46.3 Å². The van der Waals surface area contributed by atoms with Gasteiger partial charge in [-0.15, -0.1) is 0 Å². The van der Waals surface area contributed by atoms with E-state index in [4.69, 9.17) is 31.4 Å². The van der Waals surface area contributed by atoms with Gasteiger partial charge in [-0.05, 0) is 163 Å². The molecule has 4 aliphatic rings. The zero-order valence-corrected chi connectivity index (χ0v) is 37.8. The molecule has 56 heavy (non-hydrogen) atoms. The minimum Gasteiger partial charge on any atom is -0.378 e. The van der Waals surface area contributed by atoms with Crippen molar-refractivity contribution in [2.45, 2.75) is 187 Å². The topological polar surface area (TPSA) is 126 Å². The van der Waals surface area contributed by atoms with Crippen LogP contribution in [0.4, 0.5) is 0 Å². The van der Waals surface area contributed by atoms with Crippen LogP contribution in [-0.4, -0.2) is 87.4 Å². The summed E-state index contributed by atoms with van der Waals surface area (Å²) in [6, 6.07) is 0. The summed E-state index contributed by atoms with van der Waals surface area (Å²) in [5.74, 6) is 4.76. The molecule has 0 aromatic rings. The van der Waals surface area contributed by atoms with Gasteiger partial charge in [-0.3, -0.25) is 4.79 Å². The van der Waals surface area contributed by atoms with Crippen LogP contribution >= 0.6 is 12.6 Å². The number of nitrogens with two attached hydrogens (primary N) is 3. The maximum Gasteiger partial charge on any atom is 0.222 e. The zero-order valence-electron chi connectivity index (χ0n) is 36.9. The van der Waals surface area contributed by atoms with Gasteiger partial charge in [-0.2, -0.15) is 12.6 Å². The Balaban J connectivity index is 1.50. The normalized spacial score (nSPS) is 33.1. The maximum absolute atomic E-state index is 13.5. The number of unbranched alkanes of at least 4 members (excludes halogenated alkanes) is 7. The van der Waals surface area contributed by atoms with Crippen LogP contribution in [-0.2, 0) is 19.0 Å². The third-order valence-electron chi connectivity index (χ3n) is 15.8. The number of ether oxygens (including phenoxy) is 3. The number of hydrogen-bond acceptors (Lipinski definition) is 8. The SMILES string of the molecule is CCCCCCCCN(CCC[C@@H](C)C1CC[C@H]2C3[C@H](OCCCN)CC4C[C@H](OCCCN)CC[C@]4(C)[C@H]3C[C@H](OCCCN)[C@]12C)C(=O)CCCCCS. The predicted molar refractivity (Wildman–Crippen MR) is 237 cm³/mol. The molecule has 0 aliphatic heterocycles. The van der Waals surface area contributed by atoms with Gasteiger partial charge in [0.1, 0.15) is 0 Å². The van der Waals surface area contributed by atoms with E-state index < -0.39 is 0 Å². The zero-order chi connectivity index (χ0) is 40.4. The van der Waals surface area contributed by atoms with Crippen molar-refractivity contribution in [3.05, 3.63) is 0 Å². The molecule has 3 unspecified atom stereocenters. The number of carbonyl (C=O) groups is 1. The highest BCUT2D eigenvalue weighted by Crippen LogP contribution is 2.69. The molecule has 8 nitrogen and oxygen atoms in total. The van der Waals surface area contributed by atoms with Crippen molar-refractivity contribution in [2.75, 3.05) is 58.3 Å². The molecule has 0 radical (unpaired) electrons. The average molecular weight is 807 g/mol. The Morgan fingerprint density at radius 2 is 1.41 bits per heavy atom. The number of nitrogens with zero attached hydrogens (tertiary/aromatic N) is 1. The molecular weight excluding hydrogens is 717 g/mol. The average Bonchev–Trinajstić information content (AvgIpc) is 3.55. The molecule has 1 amide bonds. The number of fused-ring (bicyclic) bond motifs is 5. The molecule has 0 saturated heterocycles. The first kappa shape index (κ1) is 48.2. The predicted octanol–water partition coefficient (Wildman–Crippen LogP) is 9.16. The van der Waals surface area contributed by atoms with Crippen molar-refractivity contribution in [3.8, 4) is 0 Å². The number of rotatable bonds is 29. The third kappa shape index (κ3) is 12.8. The van der Waals surface area contributed by atoms with E-state index in [1.165, 1.54) is 51.4 Å². The fourth-order valence-electron chi connectivity index (χ4n) is 12.6. The smallest absolute Gasteiger partial charge is 0.222 e. The van der Waals surface area contributed by atoms with E-state index in [9.17, 15) is 4.79 Å². The summed E-state index contributed by atoms with van der Waals surface area (Å²) >= 11 is 4.39. The van der Waals surface area contributed by atoms with Gasteiger partial charge in [0.25, 0.3) is 0 Å². The van der Waals surface area contributed by atoms with Crippen LogP contribution in [0.1, 0.15) is 169 Å². The summed E-state index contributed by atoms with van der Waals surface area (Å²) in [5, 5.41) is 0. The van der Waals surface area contributed by atoms with Gasteiger partial charge in [0.2, 0.25) is 5.91 Å². The molecule has 0 spiro atoms. The second kappa shape index (κ2) is 25.4. The second-order valence-corrected chi connectivity index (χ2v) is 19.7. The molecule has 6 N–H and O–H groups in total. The van der Waals surface area contributed by atoms with Gasteiger partial charge in [0.15, 0.2) is 0 Å². The first-order valence-electron chi connectivity index (χ1n) is 24.0. The molecule has 9 heteroatoms. The van der Waals surface area contributed by atoms with Gasteiger partial charge in [0, 0.05) is 44.7 Å². The molecule has 4 saturated carbocycles. The number of thiol groups is 1. The lowest BCUT2D eigenvalue weighted by molar-refractivity contribution is -0.227. The first-order chi connectivity index (χ1) is 27.2. The monoisotopic (exact) mass is 807 g/mol. The Morgan fingerprint density at radius 3 is 2.12 bits per heavy atom. The van der Waals surface area contributed by atoms with Crippen molar-refractivity contribution >= 4 is 18.5 Å². The lowest BCUT2D eigenvalue weighted by atomic mass is 9.43. The molecule has 0 aromatic carbocycles. The summed E-state index contributed by atoms with van der Waals surface area (Å²) in [7, 11) is 0. The quantitative estimate of drug-likeness (QED) is 0.0439. The van der Waals surface area contributed by atoms with Gasteiger partial charge in [-0.25, -0.2) is 0 Å². The largest absolute Gasteiger partial charge is 0.378 e. The van der Waals surface area contributed by atoms with Crippen molar-refractivity contribution in [3.63, 3.8) is 0 Å². The van der Waals surface area contributed by atoms with E-state index in [2.05, 4.69) is 45.2 Å². The van der Waals surface area contributed by atoms with E-state index in [1.807, 2.05) is 0 Å². The Kier molecular flexibility index (Phi) is 21.9. The molecule has 0 heterocycles. The van der Waals surface area contributed by atoms with E-state index in [1.54, 1.807) is 0 Å². The van der Waals surface area contributed by atoms with Crippen molar-refractivity contribution in [2.24, 2.45) is 63.5 Å². The van der Waals surface area contributed by atoms with Crippen molar-refractivity contribution in [1.82, 2.24) is 4.90 Å². The molecular formula is C47H90N4O4S. The minimum atomic E-state index is 0.0946. The maximum atomic E-state index is 13.5. The van der Waals surface area contributed by atoms with E-state index in [0.717, 1.165) is 122 Å². The third-order valence-corrected chi connectivity index (χ3v) is 16.1. The van der Waals surface area contributed by atoms with Gasteiger partial charge in [0.05, 0.1) is 18.3 Å². The van der Waals surface area contributed by atoms with Crippen LogP contribution in [0.15, 0.2) is 0 Å². The fraction of sp³-hybridized carbons (Fsp3) is 0.979. The second-order valence-electron chi connectivity index (χ2n) is 19.3. The standard InChI is InChI=1S/C47H90N4O4S/c1-5-6-7-8-9-12-27-51(44(52)19-11-10-13-32-56)28-14-18-36(2)39-20-21-40-45-41(35-43(47(39,40)4)55-31-17-26-50)46(3)23-22-38(53-29-15-24-48)33-37(46)34-42(45)54-30-16-25-49/h36-43,45,56H,5-35,48-50H2,1-4H3/t36-,37?,38-,39?,40+,41+,42-,43+,45?,46+,47-/m1/s1. The van der Waals surface area contributed by atoms with E-state index in [-0.39, 0.29) is 23.0 Å². The Labute approximate surface area is 350 Å². The van der Waals surface area contributed by atoms with Crippen LogP contribution in [0.25, 0.3) is 0 Å². The van der Waals surface area contributed by atoms with Gasteiger partial charge in [-0.1, -0.05) is 66.2 Å². The highest BCUT2D eigenvalue weighted by molar-refractivity contribution is 7.80. The summed E-state index contributed by atoms with van der Waals surface area (Å²) in [4.78, 5) is 15.8. The number of hydrogen-bond donors (Lipinski definition) is 4. The highest BCUT2D eigenvalue weighted by Gasteiger charge is 2.66. The van der Waals surface area contributed by atoms with Crippen molar-refractivity contribution < 1.29 is 19.0 Å². The molecule has 4 aliphatic carbocycles. The first-order valence-corrected chi connectivity index (χ1v) is 24.7. The lowest BCUT2D eigenvalue weighted by Gasteiger charge is -2.65. The molecule has 328 valence electrons. The van der Waals surface area contributed by atoms with Gasteiger partial charge >= 0.3 is 0 Å². The number of amides is 1. The summed E-state index contributed by atoms with van der Waals surface area (Å²) in [6.45, 7) is 16.2. The van der Waals surface area contributed by atoms with Crippen LogP contribution < -0.4 is 17.2 Å². The van der Waals surface area contributed by atoms with E-state index in [0.29, 0.717) is 73.6 Å². The van der Waals surface area contributed by atoms with Crippen LogP contribution in [0.2, 0.25) is 0 Å². The fourth-order valence-corrected chi connectivity index (χ4v) is 12.8. The van der Waals surface area contributed by atoms with Gasteiger partial charge < -0.3 is 36.3 Å². The highest BCUT2D eigenvalue weighted by atomic mass is 32.1. The van der Waals surface area contributed by atoms with E-state index >= 15 is 0 Å². The van der Waals surface area contributed by atoms with Crippen LogP contribution in [0.5, 0.6) is 0 Å². The Bertz CT molecular complexity index is 1090. The molecule has 4 fully saturated rings. The molecule has 4 rings (SSSR count). The molecule has 0 bridgehead atoms. The lowest BCUT2D eigenvalue weighted by Crippen LogP contribution is -2.63. The summed E-state index contributed by atoms with van der Waals surface area (Å²) in [5.41, 5.74) is 18.2.